The molecule has 21 heavy (non-hydrogen) atoms. The van der Waals surface area contributed by atoms with E-state index in [4.69, 9.17) is 0 Å². The first-order valence-electron chi connectivity index (χ1n) is 5.99. The Kier molecular flexibility index (Phi) is 3.71. The number of halogens is 3. The van der Waals surface area contributed by atoms with Crippen LogP contribution in [0.25, 0.3) is 0 Å². The lowest BCUT2D eigenvalue weighted by Gasteiger charge is -2.16. The smallest absolute Gasteiger partial charge is 0.345 e. The Balaban J connectivity index is 2.13. The molecule has 112 valence electrons. The number of alkyl halides is 3. The third kappa shape index (κ3) is 3.21. The first-order valence-corrected chi connectivity index (χ1v) is 5.99. The molecule has 5 nitrogen and oxygen atoms in total. The van der Waals surface area contributed by atoms with E-state index < -0.39 is 36.9 Å². The van der Waals surface area contributed by atoms with Crippen LogP contribution >= 0.6 is 0 Å². The summed E-state index contributed by atoms with van der Waals surface area (Å²) in [5.74, 6) is -2.67. The van der Waals surface area contributed by atoms with Crippen molar-refractivity contribution in [1.82, 2.24) is 5.32 Å². The lowest BCUT2D eigenvalue weighted by molar-refractivity contribution is -0.137. The molecule has 2 rings (SSSR count). The molecule has 1 aliphatic rings. The Morgan fingerprint density at radius 3 is 2.57 bits per heavy atom. The van der Waals surface area contributed by atoms with Gasteiger partial charge in [0.15, 0.2) is 0 Å². The van der Waals surface area contributed by atoms with Gasteiger partial charge in [0.05, 0.1) is 11.3 Å². The van der Waals surface area contributed by atoms with Gasteiger partial charge in [0, 0.05) is 0 Å². The summed E-state index contributed by atoms with van der Waals surface area (Å²) in [6.45, 7) is -0.379. The van der Waals surface area contributed by atoms with Crippen LogP contribution in [0.3, 0.4) is 0 Å². The summed E-state index contributed by atoms with van der Waals surface area (Å²) >= 11 is 0. The molecule has 0 radical (unpaired) electrons. The normalized spacial score (nSPS) is 14.4. The van der Waals surface area contributed by atoms with E-state index in [1.165, 1.54) is 12.1 Å². The zero-order valence-electron chi connectivity index (χ0n) is 11.0. The number of anilines is 1. The highest BCUT2D eigenvalue weighted by atomic mass is 19.4. The van der Waals surface area contributed by atoms with E-state index in [9.17, 15) is 27.6 Å². The number of nitrogens with one attached hydrogen (secondary N) is 1. The SMILES string of the molecule is Cc1ccc2c(c1)C(=O)C(=O)N2CC(=O)NCC(F)(F)F. The standard InChI is InChI=1S/C13H11F3N2O3/c1-7-2-3-9-8(4-7)11(20)12(21)18(9)5-10(19)17-6-13(14,15)16/h2-4H,5-6H2,1H3,(H,17,19). The first-order chi connectivity index (χ1) is 9.69. The van der Waals surface area contributed by atoms with Crippen LogP contribution in [-0.2, 0) is 9.59 Å². The second-order valence-corrected chi connectivity index (χ2v) is 4.63. The first kappa shape index (κ1) is 15.0. The van der Waals surface area contributed by atoms with E-state index in [2.05, 4.69) is 0 Å². The fourth-order valence-electron chi connectivity index (χ4n) is 1.97. The van der Waals surface area contributed by atoms with Gasteiger partial charge in [-0.1, -0.05) is 11.6 Å². The Morgan fingerprint density at radius 2 is 1.95 bits per heavy atom. The van der Waals surface area contributed by atoms with Crippen LogP contribution in [0.5, 0.6) is 0 Å². The van der Waals surface area contributed by atoms with Crippen molar-refractivity contribution in [1.29, 1.82) is 0 Å². The molecule has 0 unspecified atom stereocenters. The number of hydrogen-bond acceptors (Lipinski definition) is 3. The highest BCUT2D eigenvalue weighted by molar-refractivity contribution is 6.52. The lowest BCUT2D eigenvalue weighted by Crippen LogP contribution is -2.43. The summed E-state index contributed by atoms with van der Waals surface area (Å²) in [5, 5.41) is 1.66. The van der Waals surface area contributed by atoms with Crippen LogP contribution < -0.4 is 10.2 Å². The number of ketones is 1. The van der Waals surface area contributed by atoms with Crippen molar-refractivity contribution < 1.29 is 27.6 Å². The predicted octanol–water partition coefficient (Wildman–Crippen LogP) is 1.20. The number of benzene rings is 1. The fraction of sp³-hybridized carbons (Fsp3) is 0.308. The van der Waals surface area contributed by atoms with E-state index in [-0.39, 0.29) is 11.3 Å². The van der Waals surface area contributed by atoms with Gasteiger partial charge in [0.2, 0.25) is 5.91 Å². The van der Waals surface area contributed by atoms with Crippen LogP contribution in [0, 0.1) is 6.92 Å². The van der Waals surface area contributed by atoms with Crippen LogP contribution in [0.2, 0.25) is 0 Å². The molecule has 1 heterocycles. The summed E-state index contributed by atoms with van der Waals surface area (Å²) < 4.78 is 36.0. The molecule has 0 saturated carbocycles. The minimum Gasteiger partial charge on any atom is -0.345 e. The number of hydrogen-bond donors (Lipinski definition) is 1. The van der Waals surface area contributed by atoms with Gasteiger partial charge < -0.3 is 5.32 Å². The summed E-state index contributed by atoms with van der Waals surface area (Å²) in [5.41, 5.74) is 1.15. The third-order valence-electron chi connectivity index (χ3n) is 2.91. The van der Waals surface area contributed by atoms with Crippen LogP contribution in [0.15, 0.2) is 18.2 Å². The van der Waals surface area contributed by atoms with Gasteiger partial charge in [-0.25, -0.2) is 0 Å². The number of aryl methyl sites for hydroxylation is 1. The van der Waals surface area contributed by atoms with Crippen molar-refractivity contribution in [2.75, 3.05) is 18.0 Å². The van der Waals surface area contributed by atoms with Gasteiger partial charge in [-0.2, -0.15) is 13.2 Å². The Bertz CT molecular complexity index is 626. The van der Waals surface area contributed by atoms with Crippen molar-refractivity contribution >= 4 is 23.3 Å². The van der Waals surface area contributed by atoms with Gasteiger partial charge in [-0.05, 0) is 19.1 Å². The average molecular weight is 300 g/mol. The Hall–Kier alpha value is -2.38. The van der Waals surface area contributed by atoms with Crippen molar-refractivity contribution in [2.45, 2.75) is 13.1 Å². The second-order valence-electron chi connectivity index (χ2n) is 4.63. The summed E-state index contributed by atoms with van der Waals surface area (Å²) in [7, 11) is 0. The van der Waals surface area contributed by atoms with Gasteiger partial charge in [-0.3, -0.25) is 19.3 Å². The van der Waals surface area contributed by atoms with Crippen molar-refractivity contribution in [3.05, 3.63) is 29.3 Å². The number of carbonyl (C=O) groups excluding carboxylic acids is 3. The predicted molar refractivity (Wildman–Crippen MR) is 66.9 cm³/mol. The molecule has 1 aliphatic heterocycles. The van der Waals surface area contributed by atoms with Crippen molar-refractivity contribution in [3.63, 3.8) is 0 Å². The van der Waals surface area contributed by atoms with E-state index >= 15 is 0 Å². The molecule has 1 aromatic carbocycles. The molecule has 1 N–H and O–H groups in total. The van der Waals surface area contributed by atoms with E-state index in [1.54, 1.807) is 18.3 Å². The largest absolute Gasteiger partial charge is 0.405 e. The molecule has 8 heteroatoms. The van der Waals surface area contributed by atoms with Gasteiger partial charge >= 0.3 is 6.18 Å². The van der Waals surface area contributed by atoms with Gasteiger partial charge in [0.25, 0.3) is 11.7 Å². The molecule has 0 atom stereocenters. The maximum Gasteiger partial charge on any atom is 0.405 e. The highest BCUT2D eigenvalue weighted by Gasteiger charge is 2.37. The maximum absolute atomic E-state index is 12.0. The van der Waals surface area contributed by atoms with E-state index in [0.29, 0.717) is 0 Å². The molecule has 0 aromatic heterocycles. The zero-order chi connectivity index (χ0) is 15.8. The van der Waals surface area contributed by atoms with Gasteiger partial charge in [-0.15, -0.1) is 0 Å². The summed E-state index contributed by atoms with van der Waals surface area (Å²) in [6.07, 6.45) is -4.53. The zero-order valence-corrected chi connectivity index (χ0v) is 11.0. The van der Waals surface area contributed by atoms with Crippen molar-refractivity contribution in [2.24, 2.45) is 0 Å². The quantitative estimate of drug-likeness (QED) is 0.853. The molecule has 0 spiro atoms. The topological polar surface area (TPSA) is 66.5 Å². The molecular weight excluding hydrogens is 289 g/mol. The molecular formula is C13H11F3N2O3. The molecule has 0 saturated heterocycles. The highest BCUT2D eigenvalue weighted by Crippen LogP contribution is 2.29. The number of Topliss-reactive ketones (excluding diaryl/α,β-unsaturated/α-hetero) is 1. The van der Waals surface area contributed by atoms with Crippen molar-refractivity contribution in [3.8, 4) is 0 Å². The minimum absolute atomic E-state index is 0.156. The fourth-order valence-corrected chi connectivity index (χ4v) is 1.97. The van der Waals surface area contributed by atoms with E-state index in [1.807, 2.05) is 0 Å². The molecule has 0 fully saturated rings. The number of fused-ring (bicyclic) bond motifs is 1. The van der Waals surface area contributed by atoms with E-state index in [0.717, 1.165) is 10.5 Å². The summed E-state index contributed by atoms with van der Waals surface area (Å²) in [6, 6.07) is 4.64. The van der Waals surface area contributed by atoms with Crippen LogP contribution in [-0.4, -0.2) is 36.9 Å². The average Bonchev–Trinajstić information content (AvgIpc) is 2.61. The monoisotopic (exact) mass is 300 g/mol. The molecule has 0 bridgehead atoms. The molecule has 2 amide bonds. The lowest BCUT2D eigenvalue weighted by atomic mass is 10.1. The molecule has 1 aromatic rings. The van der Waals surface area contributed by atoms with Crippen LogP contribution in [0.1, 0.15) is 15.9 Å². The Labute approximate surface area is 117 Å². The number of nitrogens with zero attached hydrogens (tertiary/aromatic N) is 1. The van der Waals surface area contributed by atoms with Crippen LogP contribution in [0.4, 0.5) is 18.9 Å². The Morgan fingerprint density at radius 1 is 1.29 bits per heavy atom. The third-order valence-corrected chi connectivity index (χ3v) is 2.91. The number of rotatable bonds is 3. The summed E-state index contributed by atoms with van der Waals surface area (Å²) in [4.78, 5) is 35.9. The maximum atomic E-state index is 12.0. The van der Waals surface area contributed by atoms with Gasteiger partial charge in [0.1, 0.15) is 13.1 Å². The minimum atomic E-state index is -4.53. The second kappa shape index (κ2) is 5.19. The molecule has 0 aliphatic carbocycles. The number of amides is 2. The number of carbonyl (C=O) groups is 3.